The van der Waals surface area contributed by atoms with Crippen LogP contribution in [0.15, 0.2) is 0 Å². The van der Waals surface area contributed by atoms with E-state index in [1.54, 1.807) is 0 Å². The summed E-state index contributed by atoms with van der Waals surface area (Å²) in [5.74, 6) is 5.58. The molecule has 0 saturated heterocycles. The summed E-state index contributed by atoms with van der Waals surface area (Å²) < 4.78 is 0. The Bertz CT molecular complexity index is 149. The molecule has 1 rings (SSSR count). The summed E-state index contributed by atoms with van der Waals surface area (Å²) in [4.78, 5) is 0. The molecule has 1 aliphatic rings. The molecule has 1 aliphatic carbocycles. The maximum Gasteiger partial charge on any atom is -0.0358 e. The van der Waals surface area contributed by atoms with Crippen molar-refractivity contribution in [2.45, 2.75) is 54.4 Å². The average Bonchev–Trinajstić information content (AvgIpc) is 2.08. The van der Waals surface area contributed by atoms with Crippen molar-refractivity contribution in [2.24, 2.45) is 35.5 Å². The number of hydrogen-bond acceptors (Lipinski definition) is 0. The molecular weight excluding hydrogens is 168 g/mol. The summed E-state index contributed by atoms with van der Waals surface area (Å²) >= 11 is 0. The lowest BCUT2D eigenvalue weighted by Crippen LogP contribution is -2.34. The van der Waals surface area contributed by atoms with E-state index in [1.807, 2.05) is 0 Å². The summed E-state index contributed by atoms with van der Waals surface area (Å²) in [6.07, 6.45) is 2.92. The zero-order valence-electron chi connectivity index (χ0n) is 10.9. The van der Waals surface area contributed by atoms with Gasteiger partial charge in [-0.1, -0.05) is 41.5 Å². The average molecular weight is 196 g/mol. The molecule has 0 aromatic heterocycles. The van der Waals surface area contributed by atoms with Gasteiger partial charge in [-0.25, -0.2) is 0 Å². The van der Waals surface area contributed by atoms with E-state index in [0.717, 1.165) is 35.5 Å². The van der Waals surface area contributed by atoms with Crippen LogP contribution in [0.2, 0.25) is 0 Å². The second-order valence-electron chi connectivity index (χ2n) is 6.24. The molecule has 0 aromatic carbocycles. The number of hydrogen-bond donors (Lipinski definition) is 0. The first-order valence-corrected chi connectivity index (χ1v) is 6.43. The van der Waals surface area contributed by atoms with Gasteiger partial charge in [-0.3, -0.25) is 0 Å². The van der Waals surface area contributed by atoms with Gasteiger partial charge >= 0.3 is 0 Å². The molecule has 4 atom stereocenters. The molecule has 0 amide bonds. The first-order chi connectivity index (χ1) is 6.43. The monoisotopic (exact) mass is 196 g/mol. The minimum absolute atomic E-state index is 0.873. The fraction of sp³-hybridized carbons (Fsp3) is 1.00. The fourth-order valence-electron chi connectivity index (χ4n) is 3.21. The topological polar surface area (TPSA) is 0 Å². The molecular formula is C14H28. The van der Waals surface area contributed by atoms with Crippen LogP contribution >= 0.6 is 0 Å². The molecule has 1 saturated carbocycles. The lowest BCUT2D eigenvalue weighted by Gasteiger charge is -2.43. The van der Waals surface area contributed by atoms with E-state index in [-0.39, 0.29) is 0 Å². The smallest absolute Gasteiger partial charge is 0.0358 e. The highest BCUT2D eigenvalue weighted by Gasteiger charge is 2.35. The third kappa shape index (κ3) is 2.52. The fourth-order valence-corrected chi connectivity index (χ4v) is 3.21. The minimum Gasteiger partial charge on any atom is -0.0625 e. The highest BCUT2D eigenvalue weighted by Crippen LogP contribution is 2.44. The summed E-state index contributed by atoms with van der Waals surface area (Å²) in [6, 6.07) is 0. The van der Waals surface area contributed by atoms with E-state index in [1.165, 1.54) is 12.8 Å². The van der Waals surface area contributed by atoms with Crippen LogP contribution in [0.25, 0.3) is 0 Å². The van der Waals surface area contributed by atoms with Crippen molar-refractivity contribution >= 4 is 0 Å². The third-order valence-electron chi connectivity index (χ3n) is 4.52. The Morgan fingerprint density at radius 3 is 1.21 bits per heavy atom. The van der Waals surface area contributed by atoms with E-state index in [4.69, 9.17) is 0 Å². The Morgan fingerprint density at radius 1 is 0.714 bits per heavy atom. The summed E-state index contributed by atoms with van der Waals surface area (Å²) in [7, 11) is 0. The van der Waals surface area contributed by atoms with Crippen molar-refractivity contribution in [3.05, 3.63) is 0 Å². The molecule has 84 valence electrons. The molecule has 1 fully saturated rings. The first-order valence-electron chi connectivity index (χ1n) is 6.43. The molecule has 0 aromatic rings. The second kappa shape index (κ2) is 4.68. The largest absolute Gasteiger partial charge is 0.0625 e. The predicted molar refractivity (Wildman–Crippen MR) is 64.2 cm³/mol. The Kier molecular flexibility index (Phi) is 4.04. The number of rotatable bonds is 2. The van der Waals surface area contributed by atoms with Gasteiger partial charge in [0.25, 0.3) is 0 Å². The lowest BCUT2D eigenvalue weighted by molar-refractivity contribution is 0.0680. The minimum atomic E-state index is 0.873. The van der Waals surface area contributed by atoms with E-state index in [0.29, 0.717) is 0 Å². The molecule has 14 heavy (non-hydrogen) atoms. The highest BCUT2D eigenvalue weighted by atomic mass is 14.4. The van der Waals surface area contributed by atoms with Gasteiger partial charge in [-0.15, -0.1) is 0 Å². The SMILES string of the molecule is CC(C)[C@H]1C[C@@H](C)[C@@H](C)C[C@H]1C(C)C. The van der Waals surface area contributed by atoms with Gasteiger partial charge in [0.2, 0.25) is 0 Å². The molecule has 0 nitrogen and oxygen atoms in total. The van der Waals surface area contributed by atoms with Crippen LogP contribution in [-0.2, 0) is 0 Å². The van der Waals surface area contributed by atoms with Crippen molar-refractivity contribution in [3.8, 4) is 0 Å². The Balaban J connectivity index is 2.70. The van der Waals surface area contributed by atoms with E-state index in [9.17, 15) is 0 Å². The summed E-state index contributed by atoms with van der Waals surface area (Å²) in [5.41, 5.74) is 0. The second-order valence-corrected chi connectivity index (χ2v) is 6.24. The standard InChI is InChI=1S/C14H28/c1-9(2)13-7-11(5)12(6)8-14(13)10(3)4/h9-14H,7-8H2,1-6H3/t11-,12+,13-,14+. The molecule has 0 unspecified atom stereocenters. The van der Waals surface area contributed by atoms with Gasteiger partial charge in [0.1, 0.15) is 0 Å². The van der Waals surface area contributed by atoms with Crippen LogP contribution < -0.4 is 0 Å². The quantitative estimate of drug-likeness (QED) is 0.605. The first kappa shape index (κ1) is 12.1. The maximum atomic E-state index is 2.44. The molecule has 0 N–H and O–H groups in total. The van der Waals surface area contributed by atoms with Gasteiger partial charge in [-0.05, 0) is 48.3 Å². The van der Waals surface area contributed by atoms with Crippen LogP contribution in [0.4, 0.5) is 0 Å². The van der Waals surface area contributed by atoms with Crippen molar-refractivity contribution in [1.29, 1.82) is 0 Å². The maximum absolute atomic E-state index is 2.44. The molecule has 0 heteroatoms. The van der Waals surface area contributed by atoms with Crippen molar-refractivity contribution < 1.29 is 0 Å². The Hall–Kier alpha value is 0. The molecule has 0 spiro atoms. The Labute approximate surface area is 90.5 Å². The van der Waals surface area contributed by atoms with E-state index >= 15 is 0 Å². The normalized spacial score (nSPS) is 39.4. The van der Waals surface area contributed by atoms with E-state index in [2.05, 4.69) is 41.5 Å². The predicted octanol–water partition coefficient (Wildman–Crippen LogP) is 4.60. The molecule has 0 radical (unpaired) electrons. The summed E-state index contributed by atoms with van der Waals surface area (Å²) in [5, 5.41) is 0. The van der Waals surface area contributed by atoms with Crippen LogP contribution in [-0.4, -0.2) is 0 Å². The summed E-state index contributed by atoms with van der Waals surface area (Å²) in [6.45, 7) is 14.5. The van der Waals surface area contributed by atoms with Crippen molar-refractivity contribution in [1.82, 2.24) is 0 Å². The zero-order valence-corrected chi connectivity index (χ0v) is 10.9. The van der Waals surface area contributed by atoms with E-state index < -0.39 is 0 Å². The van der Waals surface area contributed by atoms with Gasteiger partial charge in [-0.2, -0.15) is 0 Å². The van der Waals surface area contributed by atoms with Crippen LogP contribution in [0.1, 0.15) is 54.4 Å². The Morgan fingerprint density at radius 2 is 1.00 bits per heavy atom. The van der Waals surface area contributed by atoms with Gasteiger partial charge in [0, 0.05) is 0 Å². The van der Waals surface area contributed by atoms with Crippen LogP contribution in [0, 0.1) is 35.5 Å². The molecule has 0 heterocycles. The van der Waals surface area contributed by atoms with Gasteiger partial charge in [0.15, 0.2) is 0 Å². The van der Waals surface area contributed by atoms with Crippen molar-refractivity contribution in [2.75, 3.05) is 0 Å². The lowest BCUT2D eigenvalue weighted by atomic mass is 9.63. The van der Waals surface area contributed by atoms with Gasteiger partial charge < -0.3 is 0 Å². The highest BCUT2D eigenvalue weighted by molar-refractivity contribution is 4.85. The third-order valence-corrected chi connectivity index (χ3v) is 4.52. The van der Waals surface area contributed by atoms with Gasteiger partial charge in [0.05, 0.1) is 0 Å². The van der Waals surface area contributed by atoms with Crippen LogP contribution in [0.3, 0.4) is 0 Å². The van der Waals surface area contributed by atoms with Crippen LogP contribution in [0.5, 0.6) is 0 Å². The molecule has 0 bridgehead atoms. The molecule has 0 aliphatic heterocycles. The van der Waals surface area contributed by atoms with Crippen molar-refractivity contribution in [3.63, 3.8) is 0 Å². The zero-order chi connectivity index (χ0) is 10.9.